The van der Waals surface area contributed by atoms with Crippen LogP contribution in [0, 0.1) is 12.8 Å². The second-order valence-electron chi connectivity index (χ2n) is 5.86. The highest BCUT2D eigenvalue weighted by atomic mass is 16.2. The first-order valence-electron chi connectivity index (χ1n) is 7.76. The van der Waals surface area contributed by atoms with Gasteiger partial charge in [-0.25, -0.2) is 15.0 Å². The topological polar surface area (TPSA) is 74.8 Å². The van der Waals surface area contributed by atoms with Crippen LogP contribution >= 0.6 is 0 Å². The van der Waals surface area contributed by atoms with Crippen molar-refractivity contribution in [3.05, 3.63) is 30.0 Å². The van der Waals surface area contributed by atoms with Crippen molar-refractivity contribution in [1.82, 2.24) is 24.8 Å². The molecule has 3 heterocycles. The molecule has 1 saturated heterocycles. The maximum atomic E-state index is 11.7. The molecule has 0 unspecified atom stereocenters. The van der Waals surface area contributed by atoms with E-state index in [2.05, 4.69) is 19.9 Å². The van der Waals surface area contributed by atoms with Gasteiger partial charge >= 0.3 is 0 Å². The highest BCUT2D eigenvalue weighted by molar-refractivity contribution is 5.76. The van der Waals surface area contributed by atoms with Gasteiger partial charge in [0.25, 0.3) is 0 Å². The predicted molar refractivity (Wildman–Crippen MR) is 83.0 cm³/mol. The highest BCUT2D eigenvalue weighted by Gasteiger charge is 2.25. The average Bonchev–Trinajstić information content (AvgIpc) is 3.16. The summed E-state index contributed by atoms with van der Waals surface area (Å²) in [5.41, 5.74) is 2.84. The van der Waals surface area contributed by atoms with Crippen LogP contribution in [-0.2, 0) is 11.2 Å². The number of aromatic amines is 1. The van der Waals surface area contributed by atoms with Crippen molar-refractivity contribution in [2.75, 3.05) is 13.1 Å². The molecule has 116 valence electrons. The first kappa shape index (κ1) is 14.7. The van der Waals surface area contributed by atoms with Gasteiger partial charge < -0.3 is 9.88 Å². The van der Waals surface area contributed by atoms with Gasteiger partial charge in [0.1, 0.15) is 12.0 Å². The van der Waals surface area contributed by atoms with E-state index in [0.717, 1.165) is 48.8 Å². The highest BCUT2D eigenvalue weighted by Crippen LogP contribution is 2.22. The number of aryl methyl sites for hydroxylation is 1. The van der Waals surface area contributed by atoms with Crippen LogP contribution in [0.3, 0.4) is 0 Å². The fourth-order valence-corrected chi connectivity index (χ4v) is 2.93. The molecule has 1 atom stereocenters. The lowest BCUT2D eigenvalue weighted by molar-refractivity contribution is -0.129. The van der Waals surface area contributed by atoms with Gasteiger partial charge in [-0.2, -0.15) is 0 Å². The first-order chi connectivity index (χ1) is 10.7. The fraction of sp³-hybridized carbons (Fsp3) is 0.500. The quantitative estimate of drug-likeness (QED) is 0.936. The SMILES string of the molecule is CCC(=O)N1CC[C@@H](Cc2cc(-c3ncc(C)[nH]3)ncn2)C1. The summed E-state index contributed by atoms with van der Waals surface area (Å²) in [6.07, 6.45) is 5.89. The Bertz CT molecular complexity index is 666. The number of amides is 1. The van der Waals surface area contributed by atoms with E-state index >= 15 is 0 Å². The number of nitrogens with one attached hydrogen (secondary N) is 1. The number of hydrogen-bond acceptors (Lipinski definition) is 4. The summed E-state index contributed by atoms with van der Waals surface area (Å²) in [5, 5.41) is 0. The zero-order valence-corrected chi connectivity index (χ0v) is 13.0. The molecule has 0 bridgehead atoms. The predicted octanol–water partition coefficient (Wildman–Crippen LogP) is 1.98. The molecule has 1 aliphatic rings. The molecule has 6 heteroatoms. The van der Waals surface area contributed by atoms with Gasteiger partial charge in [-0.1, -0.05) is 6.92 Å². The van der Waals surface area contributed by atoms with Crippen molar-refractivity contribution in [3.8, 4) is 11.5 Å². The third kappa shape index (κ3) is 3.16. The number of carbonyl (C=O) groups is 1. The van der Waals surface area contributed by atoms with Gasteiger partial charge in [-0.05, 0) is 31.7 Å². The summed E-state index contributed by atoms with van der Waals surface area (Å²) in [4.78, 5) is 29.9. The van der Waals surface area contributed by atoms with Crippen molar-refractivity contribution in [1.29, 1.82) is 0 Å². The van der Waals surface area contributed by atoms with Gasteiger partial charge in [0.15, 0.2) is 5.82 Å². The summed E-state index contributed by atoms with van der Waals surface area (Å²) in [6.45, 7) is 5.59. The zero-order valence-electron chi connectivity index (χ0n) is 13.0. The van der Waals surface area contributed by atoms with E-state index in [1.165, 1.54) is 0 Å². The zero-order chi connectivity index (χ0) is 15.5. The molecule has 22 heavy (non-hydrogen) atoms. The Balaban J connectivity index is 1.68. The minimum atomic E-state index is 0.247. The van der Waals surface area contributed by atoms with E-state index in [1.54, 1.807) is 12.5 Å². The second-order valence-corrected chi connectivity index (χ2v) is 5.86. The Kier molecular flexibility index (Phi) is 4.18. The molecular formula is C16H21N5O. The molecular weight excluding hydrogens is 278 g/mol. The Hall–Kier alpha value is -2.24. The molecule has 1 fully saturated rings. The molecule has 0 saturated carbocycles. The van der Waals surface area contributed by atoms with Gasteiger partial charge in [-0.3, -0.25) is 4.79 Å². The summed E-state index contributed by atoms with van der Waals surface area (Å²) in [5.74, 6) is 1.50. The molecule has 0 spiro atoms. The van der Waals surface area contributed by atoms with Gasteiger partial charge in [0, 0.05) is 37.1 Å². The molecule has 0 aromatic carbocycles. The summed E-state index contributed by atoms with van der Waals surface area (Å²) in [6, 6.07) is 1.99. The summed E-state index contributed by atoms with van der Waals surface area (Å²) < 4.78 is 0. The third-order valence-electron chi connectivity index (χ3n) is 4.11. The lowest BCUT2D eigenvalue weighted by Gasteiger charge is -2.15. The fourth-order valence-electron chi connectivity index (χ4n) is 2.93. The van der Waals surface area contributed by atoms with Crippen LogP contribution in [0.4, 0.5) is 0 Å². The van der Waals surface area contributed by atoms with E-state index in [4.69, 9.17) is 0 Å². The Morgan fingerprint density at radius 1 is 1.41 bits per heavy atom. The number of rotatable bonds is 4. The largest absolute Gasteiger partial charge is 0.342 e. The number of likely N-dealkylation sites (tertiary alicyclic amines) is 1. The Morgan fingerprint density at radius 2 is 2.27 bits per heavy atom. The number of H-pyrrole nitrogens is 1. The van der Waals surface area contributed by atoms with E-state index < -0.39 is 0 Å². The normalized spacial score (nSPS) is 17.9. The number of hydrogen-bond donors (Lipinski definition) is 1. The molecule has 3 rings (SSSR count). The van der Waals surface area contributed by atoms with Crippen molar-refractivity contribution in [2.24, 2.45) is 5.92 Å². The van der Waals surface area contributed by atoms with Gasteiger partial charge in [0.2, 0.25) is 5.91 Å². The molecule has 0 aliphatic carbocycles. The van der Waals surface area contributed by atoms with Crippen LogP contribution in [0.1, 0.15) is 31.2 Å². The van der Waals surface area contributed by atoms with Crippen LogP contribution in [-0.4, -0.2) is 43.8 Å². The van der Waals surface area contributed by atoms with E-state index in [-0.39, 0.29) is 5.91 Å². The minimum Gasteiger partial charge on any atom is -0.342 e. The standard InChI is InChI=1S/C16H21N5O/c1-3-15(22)21-5-4-12(9-21)6-13-7-14(19-10-18-13)16-17-8-11(2)20-16/h7-8,10,12H,3-6,9H2,1-2H3,(H,17,20)/t12-/m0/s1. The Labute approximate surface area is 130 Å². The van der Waals surface area contributed by atoms with Crippen molar-refractivity contribution < 1.29 is 4.79 Å². The first-order valence-corrected chi connectivity index (χ1v) is 7.76. The van der Waals surface area contributed by atoms with Crippen LogP contribution in [0.25, 0.3) is 11.5 Å². The van der Waals surface area contributed by atoms with Gasteiger partial charge in [0.05, 0.1) is 0 Å². The van der Waals surface area contributed by atoms with Gasteiger partial charge in [-0.15, -0.1) is 0 Å². The average molecular weight is 299 g/mol. The van der Waals surface area contributed by atoms with E-state index in [9.17, 15) is 4.79 Å². The molecule has 2 aromatic rings. The molecule has 0 radical (unpaired) electrons. The molecule has 2 aromatic heterocycles. The second kappa shape index (κ2) is 6.25. The lowest BCUT2D eigenvalue weighted by Crippen LogP contribution is -2.28. The maximum absolute atomic E-state index is 11.7. The third-order valence-corrected chi connectivity index (χ3v) is 4.11. The Morgan fingerprint density at radius 3 is 3.00 bits per heavy atom. The molecule has 1 N–H and O–H groups in total. The lowest BCUT2D eigenvalue weighted by atomic mass is 10.0. The monoisotopic (exact) mass is 299 g/mol. The number of nitrogens with zero attached hydrogens (tertiary/aromatic N) is 4. The number of carbonyl (C=O) groups excluding carboxylic acids is 1. The van der Waals surface area contributed by atoms with Crippen molar-refractivity contribution in [3.63, 3.8) is 0 Å². The van der Waals surface area contributed by atoms with Crippen LogP contribution in [0.2, 0.25) is 0 Å². The number of imidazole rings is 1. The van der Waals surface area contributed by atoms with Crippen LogP contribution in [0.5, 0.6) is 0 Å². The molecule has 1 aliphatic heterocycles. The summed E-state index contributed by atoms with van der Waals surface area (Å²) >= 11 is 0. The van der Waals surface area contributed by atoms with Crippen molar-refractivity contribution >= 4 is 5.91 Å². The minimum absolute atomic E-state index is 0.247. The molecule has 1 amide bonds. The number of aromatic nitrogens is 4. The smallest absolute Gasteiger partial charge is 0.222 e. The van der Waals surface area contributed by atoms with Crippen LogP contribution in [0.15, 0.2) is 18.6 Å². The summed E-state index contributed by atoms with van der Waals surface area (Å²) in [7, 11) is 0. The van der Waals surface area contributed by atoms with E-state index in [1.807, 2.05) is 24.8 Å². The maximum Gasteiger partial charge on any atom is 0.222 e. The molecule has 6 nitrogen and oxygen atoms in total. The van der Waals surface area contributed by atoms with E-state index in [0.29, 0.717) is 12.3 Å². The van der Waals surface area contributed by atoms with Crippen molar-refractivity contribution in [2.45, 2.75) is 33.1 Å². The van der Waals surface area contributed by atoms with Crippen LogP contribution < -0.4 is 0 Å².